The molecule has 2 aliphatic rings. The van der Waals surface area contributed by atoms with Crippen LogP contribution in [0.4, 0.5) is 21.5 Å². The van der Waals surface area contributed by atoms with Gasteiger partial charge in [-0.15, -0.1) is 16.9 Å². The van der Waals surface area contributed by atoms with Gasteiger partial charge in [0.1, 0.15) is 17.9 Å². The van der Waals surface area contributed by atoms with E-state index in [-0.39, 0.29) is 11.1 Å². The number of piperidine rings is 1. The minimum absolute atomic E-state index is 0.0335. The van der Waals surface area contributed by atoms with Crippen LogP contribution in [0.2, 0.25) is 15.1 Å². The molecule has 2 aromatic heterocycles. The summed E-state index contributed by atoms with van der Waals surface area (Å²) in [7, 11) is 0. The summed E-state index contributed by atoms with van der Waals surface area (Å²) in [6.45, 7) is 5.39. The van der Waals surface area contributed by atoms with Gasteiger partial charge in [0.25, 0.3) is 0 Å². The molecule has 8 nitrogen and oxygen atoms in total. The standard InChI is InChI=1S/C30H28Cl3FN8S/c1-2-41-8-5-20(6-9-41)42-16-26(39-40-42)29(30-22(31)7-10-43-30)38-19-11-21-27(37-18-3-4-25(34)23(32)12-18)17(14-35)15-36-28(21)24(33)13-19/h3-4,7,10-13,15-16,20,29,38-40H,2,5-6,8-9H2,1H3,(H,36,37)/t29-/m1/s1. The highest BCUT2D eigenvalue weighted by atomic mass is 35.5. The number of hydrogen-bond acceptors (Lipinski definition) is 9. The van der Waals surface area contributed by atoms with Gasteiger partial charge in [0.2, 0.25) is 0 Å². The predicted molar refractivity (Wildman–Crippen MR) is 173 cm³/mol. The minimum Gasteiger partial charge on any atom is -0.372 e. The molecule has 1 saturated heterocycles. The molecule has 222 valence electrons. The number of nitrogens with zero attached hydrogens (tertiary/aromatic N) is 4. The first-order valence-corrected chi connectivity index (χ1v) is 15.8. The van der Waals surface area contributed by atoms with E-state index >= 15 is 0 Å². The van der Waals surface area contributed by atoms with E-state index in [0.717, 1.165) is 43.1 Å². The number of benzene rings is 2. The number of likely N-dealkylation sites (tertiary alicyclic amines) is 1. The Labute approximate surface area is 268 Å². The zero-order valence-electron chi connectivity index (χ0n) is 23.1. The van der Waals surface area contributed by atoms with Crippen molar-refractivity contribution in [3.05, 3.63) is 91.2 Å². The fourth-order valence-corrected chi connectivity index (χ4v) is 7.13. The third-order valence-corrected chi connectivity index (χ3v) is 9.77. The second-order valence-corrected chi connectivity index (χ2v) is 12.5. The molecule has 43 heavy (non-hydrogen) atoms. The maximum absolute atomic E-state index is 13.8. The molecular formula is C30H28Cl3FN8S. The van der Waals surface area contributed by atoms with E-state index in [2.05, 4.69) is 55.7 Å². The summed E-state index contributed by atoms with van der Waals surface area (Å²) in [5.74, 6) is -0.533. The number of nitrogens with one attached hydrogen (secondary N) is 4. The smallest absolute Gasteiger partial charge is 0.141 e. The lowest BCUT2D eigenvalue weighted by Gasteiger charge is -2.35. The topological polar surface area (TPSA) is 91.3 Å². The summed E-state index contributed by atoms with van der Waals surface area (Å²) in [6, 6.07) is 12.1. The van der Waals surface area contributed by atoms with Crippen LogP contribution >= 0.6 is 46.1 Å². The fourth-order valence-electron chi connectivity index (χ4n) is 5.44. The van der Waals surface area contributed by atoms with Crippen molar-refractivity contribution < 1.29 is 4.39 Å². The van der Waals surface area contributed by atoms with Crippen LogP contribution < -0.4 is 21.6 Å². The van der Waals surface area contributed by atoms with Gasteiger partial charge in [-0.05, 0) is 61.2 Å². The maximum Gasteiger partial charge on any atom is 0.141 e. The van der Waals surface area contributed by atoms with Crippen LogP contribution in [0.15, 0.2) is 59.9 Å². The number of hydrazine groups is 2. The molecule has 0 unspecified atom stereocenters. The Morgan fingerprint density at radius 1 is 1.12 bits per heavy atom. The fraction of sp³-hybridized carbons (Fsp3) is 0.267. The molecule has 4 aromatic rings. The highest BCUT2D eigenvalue weighted by Gasteiger charge is 2.30. The Bertz CT molecular complexity index is 1730. The van der Waals surface area contributed by atoms with Crippen LogP contribution in [0.5, 0.6) is 0 Å². The van der Waals surface area contributed by atoms with E-state index in [0.29, 0.717) is 49.6 Å². The monoisotopic (exact) mass is 656 g/mol. The van der Waals surface area contributed by atoms with Crippen LogP contribution in [0, 0.1) is 17.1 Å². The molecule has 6 rings (SSSR count). The molecule has 0 saturated carbocycles. The van der Waals surface area contributed by atoms with E-state index in [4.69, 9.17) is 34.8 Å². The SMILES string of the molecule is CCN1CCC(N2C=C([C@@H](Nc3cc(Cl)c4ncc(C#N)c(Nc5ccc(F)c(Cl)c5)c4c3)c3sccc3Cl)NN2)CC1. The second kappa shape index (κ2) is 12.7. The van der Waals surface area contributed by atoms with Crippen LogP contribution in [-0.2, 0) is 0 Å². The highest BCUT2D eigenvalue weighted by Crippen LogP contribution is 2.39. The number of thiophene rings is 1. The molecule has 1 fully saturated rings. The van der Waals surface area contributed by atoms with Crippen molar-refractivity contribution in [3.63, 3.8) is 0 Å². The van der Waals surface area contributed by atoms with E-state index in [9.17, 15) is 9.65 Å². The Morgan fingerprint density at radius 3 is 2.60 bits per heavy atom. The van der Waals surface area contributed by atoms with Gasteiger partial charge >= 0.3 is 0 Å². The van der Waals surface area contributed by atoms with Gasteiger partial charge in [-0.1, -0.05) is 41.7 Å². The first-order chi connectivity index (χ1) is 20.8. The van der Waals surface area contributed by atoms with Crippen molar-refractivity contribution in [2.45, 2.75) is 31.8 Å². The summed E-state index contributed by atoms with van der Waals surface area (Å²) in [4.78, 5) is 7.85. The number of aromatic nitrogens is 1. The second-order valence-electron chi connectivity index (χ2n) is 10.4. The highest BCUT2D eigenvalue weighted by molar-refractivity contribution is 7.10. The average molecular weight is 658 g/mol. The van der Waals surface area contributed by atoms with Crippen LogP contribution in [-0.4, -0.2) is 40.6 Å². The summed E-state index contributed by atoms with van der Waals surface area (Å²) < 4.78 is 13.8. The maximum atomic E-state index is 13.8. The van der Waals surface area contributed by atoms with E-state index < -0.39 is 5.82 Å². The lowest BCUT2D eigenvalue weighted by molar-refractivity contribution is 0.112. The van der Waals surface area contributed by atoms with E-state index in [1.807, 2.05) is 17.5 Å². The van der Waals surface area contributed by atoms with Crippen molar-refractivity contribution in [1.29, 1.82) is 5.26 Å². The first kappa shape index (κ1) is 29.8. The van der Waals surface area contributed by atoms with Gasteiger partial charge in [0, 0.05) is 48.3 Å². The molecule has 2 aliphatic heterocycles. The predicted octanol–water partition coefficient (Wildman–Crippen LogP) is 7.81. The third kappa shape index (κ3) is 6.20. The lowest BCUT2D eigenvalue weighted by Crippen LogP contribution is -2.48. The summed E-state index contributed by atoms with van der Waals surface area (Å²) >= 11 is 21.0. The molecule has 2 aromatic carbocycles. The van der Waals surface area contributed by atoms with Gasteiger partial charge in [-0.2, -0.15) is 5.26 Å². The van der Waals surface area contributed by atoms with Crippen LogP contribution in [0.25, 0.3) is 10.9 Å². The van der Waals surface area contributed by atoms with Gasteiger partial charge in [-0.3, -0.25) is 9.99 Å². The van der Waals surface area contributed by atoms with Gasteiger partial charge in [0.05, 0.1) is 42.4 Å². The molecule has 4 N–H and O–H groups in total. The van der Waals surface area contributed by atoms with E-state index in [1.54, 1.807) is 23.5 Å². The molecular weight excluding hydrogens is 630 g/mol. The molecule has 0 aliphatic carbocycles. The van der Waals surface area contributed by atoms with Gasteiger partial charge in [-0.25, -0.2) is 4.39 Å². The van der Waals surface area contributed by atoms with Crippen molar-refractivity contribution in [2.24, 2.45) is 0 Å². The first-order valence-electron chi connectivity index (χ1n) is 13.8. The molecule has 0 bridgehead atoms. The number of hydrogen-bond donors (Lipinski definition) is 4. The van der Waals surface area contributed by atoms with Gasteiger partial charge in [0.15, 0.2) is 0 Å². The number of rotatable bonds is 8. The molecule has 0 spiro atoms. The number of halogens is 4. The Balaban J connectivity index is 1.36. The normalized spacial score (nSPS) is 16.6. The van der Waals surface area contributed by atoms with E-state index in [1.165, 1.54) is 18.3 Å². The van der Waals surface area contributed by atoms with Crippen molar-refractivity contribution in [3.8, 4) is 6.07 Å². The summed E-state index contributed by atoms with van der Waals surface area (Å²) in [5.41, 5.74) is 10.1. The van der Waals surface area contributed by atoms with Gasteiger partial charge < -0.3 is 21.0 Å². The quantitative estimate of drug-likeness (QED) is 0.153. The molecule has 4 heterocycles. The van der Waals surface area contributed by atoms with Crippen LogP contribution in [0.1, 0.15) is 36.2 Å². The average Bonchev–Trinajstić information content (AvgIpc) is 3.68. The van der Waals surface area contributed by atoms with Crippen LogP contribution in [0.3, 0.4) is 0 Å². The number of nitriles is 1. The largest absolute Gasteiger partial charge is 0.372 e. The Morgan fingerprint density at radius 2 is 1.91 bits per heavy atom. The zero-order chi connectivity index (χ0) is 30.1. The number of fused-ring (bicyclic) bond motifs is 1. The third-order valence-electron chi connectivity index (χ3n) is 7.77. The minimum atomic E-state index is -0.533. The number of pyridine rings is 1. The molecule has 0 radical (unpaired) electrons. The van der Waals surface area contributed by atoms with Crippen molar-refractivity contribution in [1.82, 2.24) is 25.9 Å². The molecule has 13 heteroatoms. The molecule has 1 atom stereocenters. The summed E-state index contributed by atoms with van der Waals surface area (Å²) in [5, 5.41) is 22.4. The Hall–Kier alpha value is -3.30. The lowest BCUT2D eigenvalue weighted by atomic mass is 10.0. The zero-order valence-corrected chi connectivity index (χ0v) is 26.2. The Kier molecular flexibility index (Phi) is 8.82. The van der Waals surface area contributed by atoms with Crippen molar-refractivity contribution in [2.75, 3.05) is 30.3 Å². The number of anilines is 3. The van der Waals surface area contributed by atoms with Crippen molar-refractivity contribution >= 4 is 74.1 Å². The molecule has 0 amide bonds. The summed E-state index contributed by atoms with van der Waals surface area (Å²) in [6.07, 6.45) is 5.69.